The number of rotatable bonds is 6. The van der Waals surface area contributed by atoms with Crippen LogP contribution in [0.25, 0.3) is 28.2 Å². The zero-order valence-electron chi connectivity index (χ0n) is 22.0. The zero-order valence-corrected chi connectivity index (χ0v) is 22.0. The van der Waals surface area contributed by atoms with Gasteiger partial charge in [-0.25, -0.2) is 23.9 Å². The van der Waals surface area contributed by atoms with E-state index in [2.05, 4.69) is 36.7 Å². The first-order valence-corrected chi connectivity index (χ1v) is 13.6. The molecular formula is C29H29FN9O. The fourth-order valence-corrected chi connectivity index (χ4v) is 5.35. The topological polar surface area (TPSA) is 115 Å². The predicted octanol–water partition coefficient (Wildman–Crippen LogP) is 4.11. The van der Waals surface area contributed by atoms with Crippen molar-refractivity contribution in [3.05, 3.63) is 61.2 Å². The van der Waals surface area contributed by atoms with Crippen LogP contribution in [0.3, 0.4) is 0 Å². The minimum Gasteiger partial charge on any atom is -0.363 e. The third kappa shape index (κ3) is 5.17. The van der Waals surface area contributed by atoms with Gasteiger partial charge in [-0.1, -0.05) is 6.07 Å². The Bertz CT molecular complexity index is 1560. The van der Waals surface area contributed by atoms with Crippen molar-refractivity contribution in [3.63, 3.8) is 0 Å². The normalized spacial score (nSPS) is 17.6. The summed E-state index contributed by atoms with van der Waals surface area (Å²) in [5, 5.41) is 16.6. The number of aromatic nitrogens is 5. The number of piperidine rings is 2. The van der Waals surface area contributed by atoms with E-state index in [9.17, 15) is 4.79 Å². The van der Waals surface area contributed by atoms with E-state index >= 15 is 4.39 Å². The number of nitrogens with one attached hydrogen (secondary N) is 1. The molecule has 4 aromatic rings. The Morgan fingerprint density at radius 3 is 2.80 bits per heavy atom. The first-order valence-electron chi connectivity index (χ1n) is 13.6. The van der Waals surface area contributed by atoms with Crippen LogP contribution in [0, 0.1) is 23.6 Å². The quantitative estimate of drug-likeness (QED) is 0.390. The van der Waals surface area contributed by atoms with Gasteiger partial charge in [0.15, 0.2) is 17.5 Å². The number of carbonyl (C=O) groups excluding carboxylic acids is 1. The largest absolute Gasteiger partial charge is 0.363 e. The average molecular weight is 539 g/mol. The smallest absolute Gasteiger partial charge is 0.236 e. The number of hydrogen-bond acceptors (Lipinski definition) is 8. The molecule has 1 radical (unpaired) electrons. The van der Waals surface area contributed by atoms with Crippen molar-refractivity contribution in [2.75, 3.05) is 36.4 Å². The number of carbonyl (C=O) groups is 1. The van der Waals surface area contributed by atoms with Gasteiger partial charge in [-0.05, 0) is 56.4 Å². The van der Waals surface area contributed by atoms with Crippen molar-refractivity contribution >= 4 is 23.1 Å². The summed E-state index contributed by atoms with van der Waals surface area (Å²) in [7, 11) is 0. The van der Waals surface area contributed by atoms with Crippen LogP contribution in [0.5, 0.6) is 0 Å². The summed E-state index contributed by atoms with van der Waals surface area (Å²) in [5.41, 5.74) is 2.16. The summed E-state index contributed by atoms with van der Waals surface area (Å²) < 4.78 is 17.8. The van der Waals surface area contributed by atoms with Crippen LogP contribution in [0.2, 0.25) is 0 Å². The maximum absolute atomic E-state index is 16.1. The van der Waals surface area contributed by atoms with E-state index in [1.165, 1.54) is 0 Å². The van der Waals surface area contributed by atoms with Crippen molar-refractivity contribution in [1.82, 2.24) is 29.5 Å². The van der Waals surface area contributed by atoms with Crippen LogP contribution in [-0.2, 0) is 4.79 Å². The number of anilines is 2. The Balaban J connectivity index is 1.37. The molecule has 1 atom stereocenters. The average Bonchev–Trinajstić information content (AvgIpc) is 3.43. The van der Waals surface area contributed by atoms with Crippen molar-refractivity contribution in [2.45, 2.75) is 38.1 Å². The molecule has 1 amide bonds. The number of halogens is 1. The third-order valence-electron chi connectivity index (χ3n) is 7.42. The molecule has 4 aromatic heterocycles. The Hall–Kier alpha value is -4.59. The van der Waals surface area contributed by atoms with E-state index in [0.717, 1.165) is 50.1 Å². The highest BCUT2D eigenvalue weighted by Crippen LogP contribution is 2.31. The van der Waals surface area contributed by atoms with Gasteiger partial charge in [0.25, 0.3) is 0 Å². The molecular weight excluding hydrogens is 509 g/mol. The van der Waals surface area contributed by atoms with Crippen LogP contribution in [0.15, 0.2) is 48.9 Å². The lowest BCUT2D eigenvalue weighted by Gasteiger charge is -2.33. The number of hydrogen-bond donors (Lipinski definition) is 1. The highest BCUT2D eigenvalue weighted by molar-refractivity contribution is 5.79. The molecule has 40 heavy (non-hydrogen) atoms. The van der Waals surface area contributed by atoms with Crippen LogP contribution in [-0.4, -0.2) is 67.6 Å². The summed E-state index contributed by atoms with van der Waals surface area (Å²) >= 11 is 0. The second-order valence-electron chi connectivity index (χ2n) is 10.1. The van der Waals surface area contributed by atoms with E-state index in [0.29, 0.717) is 30.0 Å². The van der Waals surface area contributed by atoms with Gasteiger partial charge in [-0.3, -0.25) is 4.79 Å². The maximum atomic E-state index is 16.1. The minimum atomic E-state index is -0.581. The van der Waals surface area contributed by atoms with Crippen molar-refractivity contribution in [2.24, 2.45) is 0 Å². The summed E-state index contributed by atoms with van der Waals surface area (Å²) in [6.07, 6.45) is 10.8. The van der Waals surface area contributed by atoms with Crippen LogP contribution >= 0.6 is 0 Å². The molecule has 0 aromatic carbocycles. The number of fused-ring (bicyclic) bond motifs is 1. The van der Waals surface area contributed by atoms with E-state index in [4.69, 9.17) is 5.26 Å². The van der Waals surface area contributed by atoms with Crippen molar-refractivity contribution in [1.29, 1.82) is 5.26 Å². The lowest BCUT2D eigenvalue weighted by atomic mass is 10.0. The summed E-state index contributed by atoms with van der Waals surface area (Å²) in [6, 6.07) is 11.1. The van der Waals surface area contributed by atoms with Crippen molar-refractivity contribution < 1.29 is 9.18 Å². The maximum Gasteiger partial charge on any atom is 0.236 e. The van der Waals surface area contributed by atoms with Crippen molar-refractivity contribution in [3.8, 4) is 28.7 Å². The van der Waals surface area contributed by atoms with Gasteiger partial charge in [0.2, 0.25) is 5.91 Å². The van der Waals surface area contributed by atoms with Gasteiger partial charge in [0.05, 0.1) is 23.3 Å². The molecule has 0 saturated carbocycles. The molecule has 0 unspecified atom stereocenters. The van der Waals surface area contributed by atoms with Crippen LogP contribution in [0.4, 0.5) is 16.0 Å². The van der Waals surface area contributed by atoms with Crippen LogP contribution < -0.4 is 10.2 Å². The monoisotopic (exact) mass is 538 g/mol. The molecule has 0 spiro atoms. The zero-order chi connectivity index (χ0) is 27.5. The molecule has 10 nitrogen and oxygen atoms in total. The number of nitrogens with zero attached hydrogens (tertiary/aromatic N) is 8. The van der Waals surface area contributed by atoms with Gasteiger partial charge in [-0.15, -0.1) is 0 Å². The number of amides is 1. The molecule has 0 bridgehead atoms. The molecule has 6 heterocycles. The predicted molar refractivity (Wildman–Crippen MR) is 149 cm³/mol. The summed E-state index contributed by atoms with van der Waals surface area (Å²) in [6.45, 7) is 2.78. The second-order valence-corrected chi connectivity index (χ2v) is 10.1. The van der Waals surface area contributed by atoms with Gasteiger partial charge >= 0.3 is 0 Å². The fourth-order valence-electron chi connectivity index (χ4n) is 5.35. The molecule has 2 saturated heterocycles. The second kappa shape index (κ2) is 11.3. The number of pyridine rings is 2. The highest BCUT2D eigenvalue weighted by Gasteiger charge is 2.26. The molecule has 2 aliphatic heterocycles. The Morgan fingerprint density at radius 2 is 2.00 bits per heavy atom. The first kappa shape index (κ1) is 25.7. The van der Waals surface area contributed by atoms with E-state index < -0.39 is 5.82 Å². The molecule has 2 aliphatic rings. The third-order valence-corrected chi connectivity index (χ3v) is 7.42. The number of nitriles is 1. The fraction of sp³-hybridized carbons (Fsp3) is 0.345. The Kier molecular flexibility index (Phi) is 7.23. The molecule has 11 heteroatoms. The SMILES string of the molecule is N#CCC(=O)N1CCC[C@@H](Nc2nc(-c3cnn4ccccc34)nc(-c3ccc(N4CC[CH]CC4)nc3)c2F)C1. The molecule has 1 N–H and O–H groups in total. The van der Waals surface area contributed by atoms with E-state index in [1.54, 1.807) is 21.8 Å². The minimum absolute atomic E-state index is 0.0607. The Labute approximate surface area is 231 Å². The van der Waals surface area contributed by atoms with Gasteiger partial charge in [0, 0.05) is 50.2 Å². The summed E-state index contributed by atoms with van der Waals surface area (Å²) in [4.78, 5) is 30.1. The lowest BCUT2D eigenvalue weighted by molar-refractivity contribution is -0.131. The van der Waals surface area contributed by atoms with Gasteiger partial charge < -0.3 is 15.1 Å². The molecule has 203 valence electrons. The van der Waals surface area contributed by atoms with E-state index in [1.807, 2.05) is 42.6 Å². The molecule has 6 rings (SSSR count). The van der Waals surface area contributed by atoms with Gasteiger partial charge in [0.1, 0.15) is 17.9 Å². The van der Waals surface area contributed by atoms with Crippen LogP contribution in [0.1, 0.15) is 32.1 Å². The Morgan fingerprint density at radius 1 is 1.12 bits per heavy atom. The highest BCUT2D eigenvalue weighted by atomic mass is 19.1. The molecule has 2 fully saturated rings. The lowest BCUT2D eigenvalue weighted by Crippen LogP contribution is -2.45. The van der Waals surface area contributed by atoms with Gasteiger partial charge in [-0.2, -0.15) is 10.4 Å². The first-order chi connectivity index (χ1) is 19.6. The molecule has 0 aliphatic carbocycles. The summed E-state index contributed by atoms with van der Waals surface area (Å²) in [5.74, 6) is 0.455. The standard InChI is InChI=1S/C29H29FN9O/c30-26-27(20-9-10-24(32-17-20)37-13-3-1-4-14-37)35-28(22-18-33-39-16-5-2-8-23(22)39)36-29(26)34-21-7-6-15-38(19-21)25(40)11-12-31/h1-2,5,8-10,16-18,21H,3-4,6-7,11,13-15,19H2,(H,34,35,36)/t21-/m1/s1. The number of likely N-dealkylation sites (tertiary alicyclic amines) is 1. The van der Waals surface area contributed by atoms with E-state index in [-0.39, 0.29) is 29.9 Å².